The fourth-order valence-electron chi connectivity index (χ4n) is 1.37. The Morgan fingerprint density at radius 3 is 2.47 bits per heavy atom. The minimum absolute atomic E-state index is 0.138. The maximum absolute atomic E-state index is 11.5. The molecule has 0 bridgehead atoms. The van der Waals surface area contributed by atoms with Gasteiger partial charge in [-0.25, -0.2) is 0 Å². The van der Waals surface area contributed by atoms with E-state index in [0.717, 1.165) is 17.0 Å². The van der Waals surface area contributed by atoms with Crippen molar-refractivity contribution in [2.45, 2.75) is 39.8 Å². The third-order valence-corrected chi connectivity index (χ3v) is 2.24. The van der Waals surface area contributed by atoms with Crippen LogP contribution in [0.3, 0.4) is 0 Å². The molecular weight excluding hydrogens is 216 g/mol. The number of rotatable bonds is 4. The van der Waals surface area contributed by atoms with Crippen LogP contribution in [0.2, 0.25) is 0 Å². The number of anilines is 1. The monoisotopic (exact) mass is 236 g/mol. The topological polar surface area (TPSA) is 64.3 Å². The molecule has 4 nitrogen and oxygen atoms in total. The van der Waals surface area contributed by atoms with Gasteiger partial charge in [0.1, 0.15) is 5.75 Å². The predicted octanol–water partition coefficient (Wildman–Crippen LogP) is 2.07. The van der Waals surface area contributed by atoms with Crippen LogP contribution in [-0.4, -0.2) is 18.1 Å². The Bertz CT molecular complexity index is 400. The Hall–Kier alpha value is -1.55. The van der Waals surface area contributed by atoms with Gasteiger partial charge in [0.2, 0.25) is 5.91 Å². The van der Waals surface area contributed by atoms with Gasteiger partial charge in [0.15, 0.2) is 0 Å². The quantitative estimate of drug-likeness (QED) is 0.841. The van der Waals surface area contributed by atoms with E-state index < -0.39 is 6.04 Å². The van der Waals surface area contributed by atoms with E-state index in [2.05, 4.69) is 5.32 Å². The first-order valence-electron chi connectivity index (χ1n) is 5.74. The summed E-state index contributed by atoms with van der Waals surface area (Å²) in [6.07, 6.45) is 0.138. The minimum Gasteiger partial charge on any atom is -0.491 e. The molecule has 1 atom stereocenters. The molecule has 0 unspecified atom stereocenters. The zero-order valence-electron chi connectivity index (χ0n) is 10.8. The van der Waals surface area contributed by atoms with Crippen LogP contribution in [0.25, 0.3) is 0 Å². The molecule has 3 N–H and O–H groups in total. The first-order valence-corrected chi connectivity index (χ1v) is 5.74. The Labute approximate surface area is 102 Å². The Kier molecular flexibility index (Phi) is 4.52. The van der Waals surface area contributed by atoms with Crippen LogP contribution < -0.4 is 15.8 Å². The summed E-state index contributed by atoms with van der Waals surface area (Å²) in [4.78, 5) is 11.5. The molecule has 0 aliphatic heterocycles. The van der Waals surface area contributed by atoms with Crippen molar-refractivity contribution in [1.82, 2.24) is 0 Å². The number of carbonyl (C=O) groups is 1. The molecule has 0 saturated heterocycles. The van der Waals surface area contributed by atoms with E-state index in [-0.39, 0.29) is 12.0 Å². The predicted molar refractivity (Wildman–Crippen MR) is 69.2 cm³/mol. The van der Waals surface area contributed by atoms with Gasteiger partial charge in [0.25, 0.3) is 0 Å². The van der Waals surface area contributed by atoms with Crippen molar-refractivity contribution in [3.05, 3.63) is 23.8 Å². The molecule has 1 aromatic carbocycles. The number of aryl methyl sites for hydroxylation is 1. The van der Waals surface area contributed by atoms with Crippen LogP contribution in [0.1, 0.15) is 26.3 Å². The average Bonchev–Trinajstić information content (AvgIpc) is 2.20. The highest BCUT2D eigenvalue weighted by molar-refractivity contribution is 5.95. The van der Waals surface area contributed by atoms with E-state index in [1.807, 2.05) is 39.0 Å². The van der Waals surface area contributed by atoms with Gasteiger partial charge in [-0.15, -0.1) is 0 Å². The fraction of sp³-hybridized carbons (Fsp3) is 0.462. The van der Waals surface area contributed by atoms with Gasteiger partial charge in [0.05, 0.1) is 12.1 Å². The van der Waals surface area contributed by atoms with Crippen LogP contribution in [0.15, 0.2) is 18.2 Å². The maximum Gasteiger partial charge on any atom is 0.241 e. The highest BCUT2D eigenvalue weighted by Crippen LogP contribution is 2.22. The first-order chi connectivity index (χ1) is 7.90. The molecule has 94 valence electrons. The lowest BCUT2D eigenvalue weighted by Gasteiger charge is -2.14. The van der Waals surface area contributed by atoms with E-state index in [4.69, 9.17) is 10.5 Å². The van der Waals surface area contributed by atoms with Crippen molar-refractivity contribution < 1.29 is 9.53 Å². The average molecular weight is 236 g/mol. The Balaban J connectivity index is 2.79. The maximum atomic E-state index is 11.5. The van der Waals surface area contributed by atoms with Gasteiger partial charge in [-0.2, -0.15) is 0 Å². The number of amides is 1. The summed E-state index contributed by atoms with van der Waals surface area (Å²) in [7, 11) is 0. The van der Waals surface area contributed by atoms with Crippen molar-refractivity contribution in [2.75, 3.05) is 5.32 Å². The molecule has 0 fully saturated rings. The van der Waals surface area contributed by atoms with Crippen LogP contribution in [0, 0.1) is 6.92 Å². The van der Waals surface area contributed by atoms with Gasteiger partial charge in [-0.1, -0.05) is 0 Å². The number of benzene rings is 1. The lowest BCUT2D eigenvalue weighted by Crippen LogP contribution is -2.32. The SMILES string of the molecule is Cc1cc(OC(C)C)ccc1NC(=O)[C@H](C)N. The van der Waals surface area contributed by atoms with Crippen molar-refractivity contribution in [3.8, 4) is 5.75 Å². The van der Waals surface area contributed by atoms with Crippen LogP contribution in [0.5, 0.6) is 5.75 Å². The third kappa shape index (κ3) is 4.07. The number of nitrogens with two attached hydrogens (primary N) is 1. The standard InChI is InChI=1S/C13H20N2O2/c1-8(2)17-11-5-6-12(9(3)7-11)15-13(16)10(4)14/h5-8,10H,14H2,1-4H3,(H,15,16)/t10-/m0/s1. The minimum atomic E-state index is -0.513. The van der Waals surface area contributed by atoms with E-state index >= 15 is 0 Å². The largest absolute Gasteiger partial charge is 0.491 e. The first kappa shape index (κ1) is 13.5. The summed E-state index contributed by atoms with van der Waals surface area (Å²) in [5.41, 5.74) is 7.22. The molecule has 1 amide bonds. The molecule has 0 aromatic heterocycles. The summed E-state index contributed by atoms with van der Waals surface area (Å²) in [6, 6.07) is 5.05. The number of nitrogens with one attached hydrogen (secondary N) is 1. The lowest BCUT2D eigenvalue weighted by atomic mass is 10.2. The molecule has 1 rings (SSSR count). The molecule has 17 heavy (non-hydrogen) atoms. The molecule has 0 radical (unpaired) electrons. The second-order valence-corrected chi connectivity index (χ2v) is 4.42. The fourth-order valence-corrected chi connectivity index (χ4v) is 1.37. The highest BCUT2D eigenvalue weighted by Gasteiger charge is 2.09. The summed E-state index contributed by atoms with van der Waals surface area (Å²) >= 11 is 0. The molecular formula is C13H20N2O2. The van der Waals surface area contributed by atoms with Crippen molar-refractivity contribution in [2.24, 2.45) is 5.73 Å². The summed E-state index contributed by atoms with van der Waals surface area (Å²) in [5.74, 6) is 0.613. The van der Waals surface area contributed by atoms with Crippen LogP contribution in [-0.2, 0) is 4.79 Å². The van der Waals surface area contributed by atoms with Gasteiger partial charge >= 0.3 is 0 Å². The number of hydrogen-bond acceptors (Lipinski definition) is 3. The second kappa shape index (κ2) is 5.68. The third-order valence-electron chi connectivity index (χ3n) is 2.24. The summed E-state index contributed by atoms with van der Waals surface area (Å²) in [5, 5.41) is 2.77. The zero-order chi connectivity index (χ0) is 13.0. The molecule has 0 aliphatic carbocycles. The van der Waals surface area contributed by atoms with E-state index in [0.29, 0.717) is 0 Å². The molecule has 4 heteroatoms. The highest BCUT2D eigenvalue weighted by atomic mass is 16.5. The second-order valence-electron chi connectivity index (χ2n) is 4.42. The van der Waals surface area contributed by atoms with Crippen LogP contribution in [0.4, 0.5) is 5.69 Å². The molecule has 0 heterocycles. The van der Waals surface area contributed by atoms with E-state index in [1.165, 1.54) is 0 Å². The molecule has 1 aromatic rings. The zero-order valence-corrected chi connectivity index (χ0v) is 10.8. The number of ether oxygens (including phenoxy) is 1. The van der Waals surface area contributed by atoms with Gasteiger partial charge in [0, 0.05) is 5.69 Å². The van der Waals surface area contributed by atoms with Crippen molar-refractivity contribution >= 4 is 11.6 Å². The number of hydrogen-bond donors (Lipinski definition) is 2. The molecule has 0 spiro atoms. The molecule has 0 saturated carbocycles. The van der Waals surface area contributed by atoms with Gasteiger partial charge in [-0.05, 0) is 51.5 Å². The van der Waals surface area contributed by atoms with Crippen LogP contribution >= 0.6 is 0 Å². The molecule has 0 aliphatic rings. The van der Waals surface area contributed by atoms with Gasteiger partial charge in [-0.3, -0.25) is 4.79 Å². The Morgan fingerprint density at radius 1 is 1.35 bits per heavy atom. The summed E-state index contributed by atoms with van der Waals surface area (Å²) in [6.45, 7) is 7.52. The number of carbonyl (C=O) groups excluding carboxylic acids is 1. The smallest absolute Gasteiger partial charge is 0.241 e. The normalized spacial score (nSPS) is 12.4. The van der Waals surface area contributed by atoms with Gasteiger partial charge < -0.3 is 15.8 Å². The van der Waals surface area contributed by atoms with E-state index in [9.17, 15) is 4.79 Å². The van der Waals surface area contributed by atoms with E-state index in [1.54, 1.807) is 6.92 Å². The van der Waals surface area contributed by atoms with Crippen molar-refractivity contribution in [3.63, 3.8) is 0 Å². The Morgan fingerprint density at radius 2 is 2.00 bits per heavy atom. The summed E-state index contributed by atoms with van der Waals surface area (Å²) < 4.78 is 5.57. The van der Waals surface area contributed by atoms with Crippen molar-refractivity contribution in [1.29, 1.82) is 0 Å². The lowest BCUT2D eigenvalue weighted by molar-refractivity contribution is -0.117.